The van der Waals surface area contributed by atoms with Gasteiger partial charge in [-0.3, -0.25) is 4.79 Å². The smallest absolute Gasteiger partial charge is 0.326 e. The summed E-state index contributed by atoms with van der Waals surface area (Å²) in [4.78, 5) is 23.6. The van der Waals surface area contributed by atoms with Crippen molar-refractivity contribution in [1.82, 2.24) is 5.32 Å². The van der Waals surface area contributed by atoms with Crippen LogP contribution in [-0.2, 0) is 9.53 Å². The summed E-state index contributed by atoms with van der Waals surface area (Å²) < 4.78 is 5.30. The fraction of sp³-hybridized carbons (Fsp3) is 0.467. The number of hydrogen-bond acceptors (Lipinski definition) is 3. The van der Waals surface area contributed by atoms with E-state index < -0.39 is 17.9 Å². The fourth-order valence-corrected chi connectivity index (χ4v) is 2.79. The Morgan fingerprint density at radius 3 is 2.76 bits per heavy atom. The molecule has 2 N–H and O–H groups in total. The van der Waals surface area contributed by atoms with Gasteiger partial charge in [0.1, 0.15) is 6.04 Å². The van der Waals surface area contributed by atoms with Gasteiger partial charge in [0.05, 0.1) is 6.61 Å². The van der Waals surface area contributed by atoms with Crippen LogP contribution >= 0.6 is 11.6 Å². The third kappa shape index (κ3) is 4.19. The van der Waals surface area contributed by atoms with Crippen LogP contribution in [0.1, 0.15) is 28.8 Å². The molecule has 1 aliphatic rings. The Morgan fingerprint density at radius 1 is 1.43 bits per heavy atom. The molecule has 1 aliphatic heterocycles. The maximum atomic E-state index is 12.2. The molecule has 0 aliphatic carbocycles. The third-order valence-electron chi connectivity index (χ3n) is 3.52. The number of carboxylic acids is 1. The van der Waals surface area contributed by atoms with Crippen molar-refractivity contribution in [3.05, 3.63) is 34.3 Å². The van der Waals surface area contributed by atoms with Crippen LogP contribution in [-0.4, -0.2) is 36.2 Å². The summed E-state index contributed by atoms with van der Waals surface area (Å²) in [5.41, 5.74) is 1.21. The molecule has 0 spiro atoms. The number of carbonyl (C=O) groups excluding carboxylic acids is 1. The van der Waals surface area contributed by atoms with Gasteiger partial charge in [-0.15, -0.1) is 0 Å². The van der Waals surface area contributed by atoms with Gasteiger partial charge in [0.15, 0.2) is 0 Å². The zero-order chi connectivity index (χ0) is 15.4. The number of aryl methyl sites for hydroxylation is 1. The molecule has 1 heterocycles. The molecule has 1 amide bonds. The summed E-state index contributed by atoms with van der Waals surface area (Å²) in [6, 6.07) is 4.00. The van der Waals surface area contributed by atoms with Crippen molar-refractivity contribution in [2.24, 2.45) is 5.92 Å². The van der Waals surface area contributed by atoms with E-state index in [1.54, 1.807) is 12.1 Å². The molecule has 2 atom stereocenters. The molecule has 0 aromatic heterocycles. The molecule has 1 fully saturated rings. The number of carbonyl (C=O) groups is 2. The molecular formula is C15H18ClNO4. The van der Waals surface area contributed by atoms with Gasteiger partial charge in [-0.25, -0.2) is 4.79 Å². The first-order valence-electron chi connectivity index (χ1n) is 6.86. The number of benzene rings is 1. The van der Waals surface area contributed by atoms with Crippen molar-refractivity contribution in [3.8, 4) is 0 Å². The van der Waals surface area contributed by atoms with Crippen molar-refractivity contribution >= 4 is 23.5 Å². The first-order valence-corrected chi connectivity index (χ1v) is 7.24. The Labute approximate surface area is 128 Å². The van der Waals surface area contributed by atoms with Crippen LogP contribution in [0, 0.1) is 12.8 Å². The number of hydrogen-bond donors (Lipinski definition) is 2. The summed E-state index contributed by atoms with van der Waals surface area (Å²) in [6.45, 7) is 2.82. The van der Waals surface area contributed by atoms with E-state index in [4.69, 9.17) is 16.3 Å². The largest absolute Gasteiger partial charge is 0.480 e. The van der Waals surface area contributed by atoms with Crippen molar-refractivity contribution in [2.75, 3.05) is 13.2 Å². The van der Waals surface area contributed by atoms with E-state index in [1.807, 2.05) is 6.92 Å². The average molecular weight is 312 g/mol. The molecule has 1 aromatic rings. The zero-order valence-electron chi connectivity index (χ0n) is 11.8. The summed E-state index contributed by atoms with van der Waals surface area (Å²) in [6.07, 6.45) is 1.53. The van der Waals surface area contributed by atoms with Crippen LogP contribution in [0.5, 0.6) is 0 Å². The monoisotopic (exact) mass is 311 g/mol. The lowest BCUT2D eigenvalue weighted by Gasteiger charge is -2.28. The summed E-state index contributed by atoms with van der Waals surface area (Å²) in [5, 5.41) is 12.4. The second kappa shape index (κ2) is 6.91. The first-order chi connectivity index (χ1) is 9.97. The van der Waals surface area contributed by atoms with E-state index >= 15 is 0 Å². The quantitative estimate of drug-likeness (QED) is 0.894. The van der Waals surface area contributed by atoms with Gasteiger partial charge in [0, 0.05) is 23.1 Å². The van der Waals surface area contributed by atoms with E-state index in [-0.39, 0.29) is 5.92 Å². The molecular weight excluding hydrogens is 294 g/mol. The van der Waals surface area contributed by atoms with Crippen LogP contribution in [0.25, 0.3) is 0 Å². The van der Waals surface area contributed by atoms with Gasteiger partial charge in [0.2, 0.25) is 0 Å². The van der Waals surface area contributed by atoms with Crippen molar-refractivity contribution in [2.45, 2.75) is 25.8 Å². The molecule has 0 saturated carbocycles. The maximum Gasteiger partial charge on any atom is 0.326 e. The summed E-state index contributed by atoms with van der Waals surface area (Å²) in [5.74, 6) is -1.68. The maximum absolute atomic E-state index is 12.2. The van der Waals surface area contributed by atoms with E-state index in [0.29, 0.717) is 23.8 Å². The fourth-order valence-electron chi connectivity index (χ4n) is 2.50. The standard InChI is InChI=1S/C15H18ClNO4/c1-9-5-11(7-12(16)6-9)14(18)17-13(15(19)20)10-3-2-4-21-8-10/h5-7,10,13H,2-4,8H2,1H3,(H,17,18)(H,19,20). The van der Waals surface area contributed by atoms with Gasteiger partial charge >= 0.3 is 5.97 Å². The predicted octanol–water partition coefficient (Wildman–Crippen LogP) is 2.26. The second-order valence-electron chi connectivity index (χ2n) is 5.28. The number of rotatable bonds is 4. The minimum Gasteiger partial charge on any atom is -0.480 e. The summed E-state index contributed by atoms with van der Waals surface area (Å²) in [7, 11) is 0. The highest BCUT2D eigenvalue weighted by molar-refractivity contribution is 6.31. The van der Waals surface area contributed by atoms with E-state index in [1.165, 1.54) is 6.07 Å². The lowest BCUT2D eigenvalue weighted by Crippen LogP contribution is -2.48. The highest BCUT2D eigenvalue weighted by atomic mass is 35.5. The zero-order valence-corrected chi connectivity index (χ0v) is 12.5. The first kappa shape index (κ1) is 15.8. The third-order valence-corrected chi connectivity index (χ3v) is 3.74. The molecule has 2 unspecified atom stereocenters. The van der Waals surface area contributed by atoms with Crippen LogP contribution < -0.4 is 5.32 Å². The molecule has 2 rings (SSSR count). The summed E-state index contributed by atoms with van der Waals surface area (Å²) >= 11 is 5.93. The number of carboxylic acid groups (broad SMARTS) is 1. The Hall–Kier alpha value is -1.59. The molecule has 0 radical (unpaired) electrons. The average Bonchev–Trinajstić information content (AvgIpc) is 2.44. The van der Waals surface area contributed by atoms with Gasteiger partial charge < -0.3 is 15.2 Å². The molecule has 114 valence electrons. The SMILES string of the molecule is Cc1cc(Cl)cc(C(=O)NC(C(=O)O)C2CCCOC2)c1. The predicted molar refractivity (Wildman–Crippen MR) is 78.6 cm³/mol. The Balaban J connectivity index is 2.12. The Morgan fingerprint density at radius 2 is 2.19 bits per heavy atom. The number of halogens is 1. The molecule has 1 saturated heterocycles. The second-order valence-corrected chi connectivity index (χ2v) is 5.72. The Kier molecular flexibility index (Phi) is 5.20. The van der Waals surface area contributed by atoms with Crippen LogP contribution in [0.3, 0.4) is 0 Å². The molecule has 5 nitrogen and oxygen atoms in total. The molecule has 21 heavy (non-hydrogen) atoms. The normalized spacial score (nSPS) is 19.8. The van der Waals surface area contributed by atoms with Crippen molar-refractivity contribution in [3.63, 3.8) is 0 Å². The van der Waals surface area contributed by atoms with E-state index in [2.05, 4.69) is 5.32 Å². The van der Waals surface area contributed by atoms with Gasteiger partial charge in [-0.05, 0) is 43.5 Å². The van der Waals surface area contributed by atoms with Gasteiger partial charge in [0.25, 0.3) is 5.91 Å². The highest BCUT2D eigenvalue weighted by Crippen LogP contribution is 2.19. The van der Waals surface area contributed by atoms with Crippen molar-refractivity contribution in [1.29, 1.82) is 0 Å². The minimum absolute atomic E-state index is 0.208. The molecule has 6 heteroatoms. The topological polar surface area (TPSA) is 75.6 Å². The molecule has 0 bridgehead atoms. The van der Waals surface area contributed by atoms with Crippen LogP contribution in [0.4, 0.5) is 0 Å². The highest BCUT2D eigenvalue weighted by Gasteiger charge is 2.31. The van der Waals surface area contributed by atoms with E-state index in [0.717, 1.165) is 18.4 Å². The van der Waals surface area contributed by atoms with Crippen LogP contribution in [0.15, 0.2) is 18.2 Å². The number of nitrogens with one attached hydrogen (secondary N) is 1. The van der Waals surface area contributed by atoms with E-state index in [9.17, 15) is 14.7 Å². The van der Waals surface area contributed by atoms with Gasteiger partial charge in [-0.2, -0.15) is 0 Å². The number of amides is 1. The lowest BCUT2D eigenvalue weighted by atomic mass is 9.93. The number of ether oxygens (including phenoxy) is 1. The lowest BCUT2D eigenvalue weighted by molar-refractivity contribution is -0.142. The minimum atomic E-state index is -1.04. The Bertz CT molecular complexity index is 520. The molecule has 1 aromatic carbocycles. The van der Waals surface area contributed by atoms with Crippen LogP contribution in [0.2, 0.25) is 5.02 Å². The van der Waals surface area contributed by atoms with Gasteiger partial charge in [-0.1, -0.05) is 11.6 Å². The number of aliphatic carboxylic acids is 1. The van der Waals surface area contributed by atoms with Crippen molar-refractivity contribution < 1.29 is 19.4 Å².